The van der Waals surface area contributed by atoms with E-state index >= 15 is 0 Å². The van der Waals surface area contributed by atoms with Gasteiger partial charge in [-0.1, -0.05) is 13.3 Å². The first-order chi connectivity index (χ1) is 9.41. The number of carbonyl (C=O) groups excluding carboxylic acids is 2. The number of hydrogen-bond acceptors (Lipinski definition) is 5. The van der Waals surface area contributed by atoms with Gasteiger partial charge in [0.25, 0.3) is 11.8 Å². The molecule has 1 rings (SSSR count). The largest absolute Gasteiger partial charge is 0.331 e. The summed E-state index contributed by atoms with van der Waals surface area (Å²) in [7, 11) is -4.01. The van der Waals surface area contributed by atoms with Crippen LogP contribution in [0.1, 0.15) is 33.6 Å². The molecule has 114 valence electrons. The lowest BCUT2D eigenvalue weighted by molar-refractivity contribution is -0.131. The molecular formula is C12H20N2O4S2. The van der Waals surface area contributed by atoms with Crippen molar-refractivity contribution in [1.82, 2.24) is 8.61 Å². The molecule has 0 bridgehead atoms. The highest BCUT2D eigenvalue weighted by atomic mass is 32.2. The zero-order valence-corrected chi connectivity index (χ0v) is 13.6. The zero-order valence-electron chi connectivity index (χ0n) is 12.0. The van der Waals surface area contributed by atoms with Crippen LogP contribution in [0.15, 0.2) is 11.0 Å². The van der Waals surface area contributed by atoms with Crippen molar-refractivity contribution < 1.29 is 18.0 Å². The predicted octanol–water partition coefficient (Wildman–Crippen LogP) is 1.36. The number of thioether (sulfide) groups is 1. The van der Waals surface area contributed by atoms with Gasteiger partial charge in [-0.3, -0.25) is 9.59 Å². The van der Waals surface area contributed by atoms with Crippen LogP contribution in [0.4, 0.5) is 0 Å². The molecule has 6 nitrogen and oxygen atoms in total. The molecule has 1 aliphatic heterocycles. The summed E-state index contributed by atoms with van der Waals surface area (Å²) in [5, 5.41) is 1.49. The van der Waals surface area contributed by atoms with Crippen LogP contribution < -0.4 is 0 Å². The molecule has 0 aliphatic carbocycles. The summed E-state index contributed by atoms with van der Waals surface area (Å²) in [6.07, 6.45) is 2.00. The summed E-state index contributed by atoms with van der Waals surface area (Å²) < 4.78 is 25.7. The molecule has 0 aromatic carbocycles. The van der Waals surface area contributed by atoms with Crippen LogP contribution in [-0.4, -0.2) is 47.7 Å². The summed E-state index contributed by atoms with van der Waals surface area (Å²) in [5.74, 6) is -0.664. The lowest BCUT2D eigenvalue weighted by Crippen LogP contribution is -2.56. The minimum atomic E-state index is -4.01. The second-order valence-electron chi connectivity index (χ2n) is 4.20. The van der Waals surface area contributed by atoms with E-state index in [0.29, 0.717) is 0 Å². The molecule has 0 radical (unpaired) electrons. The van der Waals surface area contributed by atoms with Crippen LogP contribution in [0.5, 0.6) is 0 Å². The Hall–Kier alpha value is -1.02. The summed E-state index contributed by atoms with van der Waals surface area (Å²) in [4.78, 5) is 24.3. The van der Waals surface area contributed by atoms with Crippen molar-refractivity contribution in [3.8, 4) is 0 Å². The van der Waals surface area contributed by atoms with Gasteiger partial charge in [0.05, 0.1) is 0 Å². The van der Waals surface area contributed by atoms with Crippen LogP contribution in [0.3, 0.4) is 0 Å². The quantitative estimate of drug-likeness (QED) is 0.420. The Balaban J connectivity index is 3.08. The summed E-state index contributed by atoms with van der Waals surface area (Å²) in [5.41, 5.74) is -0.0652. The molecule has 0 aromatic rings. The second kappa shape index (κ2) is 7.12. The Morgan fingerprint density at radius 2 is 1.55 bits per heavy atom. The van der Waals surface area contributed by atoms with Crippen molar-refractivity contribution >= 4 is 33.8 Å². The molecule has 1 saturated heterocycles. The molecule has 20 heavy (non-hydrogen) atoms. The van der Waals surface area contributed by atoms with Gasteiger partial charge in [0, 0.05) is 13.1 Å². The van der Waals surface area contributed by atoms with Crippen LogP contribution in [0, 0.1) is 0 Å². The number of nitrogens with zero attached hydrogens (tertiary/aromatic N) is 2. The molecule has 8 heteroatoms. The smallest absolute Gasteiger partial charge is 0.268 e. The van der Waals surface area contributed by atoms with Gasteiger partial charge in [-0.25, -0.2) is 8.61 Å². The minimum absolute atomic E-state index is 0.0158. The molecule has 1 heterocycles. The van der Waals surface area contributed by atoms with Gasteiger partial charge in [0.2, 0.25) is 0 Å². The molecular weight excluding hydrogens is 300 g/mol. The Bertz CT molecular complexity index is 482. The Labute approximate surface area is 124 Å². The van der Waals surface area contributed by atoms with Gasteiger partial charge in [0.1, 0.15) is 5.57 Å². The Morgan fingerprint density at radius 1 is 1.05 bits per heavy atom. The summed E-state index contributed by atoms with van der Waals surface area (Å²) in [6.45, 7) is 5.22. The molecule has 0 aromatic heterocycles. The highest BCUT2D eigenvalue weighted by Gasteiger charge is 2.44. The van der Waals surface area contributed by atoms with Crippen LogP contribution in [0.25, 0.3) is 0 Å². The lowest BCUT2D eigenvalue weighted by Gasteiger charge is -2.33. The average Bonchev–Trinajstić information content (AvgIpc) is 2.38. The first-order valence-corrected chi connectivity index (χ1v) is 9.07. The molecule has 0 atom stereocenters. The number of likely N-dealkylation sites (N-methyl/N-ethyl adjacent to an activating group) is 2. The lowest BCUT2D eigenvalue weighted by atomic mass is 10.2. The van der Waals surface area contributed by atoms with Gasteiger partial charge < -0.3 is 0 Å². The maximum absolute atomic E-state index is 12.1. The fraction of sp³-hybridized carbons (Fsp3) is 0.667. The normalized spacial score (nSPS) is 18.6. The molecule has 1 fully saturated rings. The van der Waals surface area contributed by atoms with Crippen molar-refractivity contribution in [1.29, 1.82) is 0 Å². The highest BCUT2D eigenvalue weighted by Crippen LogP contribution is 2.24. The molecule has 0 spiro atoms. The van der Waals surface area contributed by atoms with E-state index in [4.69, 9.17) is 0 Å². The van der Waals surface area contributed by atoms with Crippen molar-refractivity contribution in [2.24, 2.45) is 0 Å². The van der Waals surface area contributed by atoms with Gasteiger partial charge in [-0.2, -0.15) is 8.42 Å². The summed E-state index contributed by atoms with van der Waals surface area (Å²) in [6, 6.07) is 0. The van der Waals surface area contributed by atoms with E-state index < -0.39 is 22.0 Å². The third-order valence-electron chi connectivity index (χ3n) is 2.86. The van der Waals surface area contributed by atoms with Crippen LogP contribution in [0.2, 0.25) is 0 Å². The first kappa shape index (κ1) is 17.0. The fourth-order valence-electron chi connectivity index (χ4n) is 1.77. The Morgan fingerprint density at radius 3 is 1.95 bits per heavy atom. The van der Waals surface area contributed by atoms with Gasteiger partial charge in [0.15, 0.2) is 0 Å². The van der Waals surface area contributed by atoms with E-state index in [1.807, 2.05) is 0 Å². The van der Waals surface area contributed by atoms with Crippen LogP contribution >= 0.6 is 11.8 Å². The molecule has 1 aliphatic rings. The number of rotatable bonds is 6. The topological polar surface area (TPSA) is 74.8 Å². The predicted molar refractivity (Wildman–Crippen MR) is 79.1 cm³/mol. The maximum Gasteiger partial charge on any atom is 0.331 e. The van der Waals surface area contributed by atoms with E-state index in [-0.39, 0.29) is 18.7 Å². The third-order valence-corrected chi connectivity index (χ3v) is 5.75. The van der Waals surface area contributed by atoms with Crippen molar-refractivity contribution in [2.45, 2.75) is 33.6 Å². The number of unbranched alkanes of at least 4 members (excludes halogenated alkanes) is 1. The maximum atomic E-state index is 12.1. The number of carbonyl (C=O) groups is 2. The van der Waals surface area contributed by atoms with E-state index in [1.54, 1.807) is 13.8 Å². The molecule has 0 N–H and O–H groups in total. The molecule has 0 unspecified atom stereocenters. The number of hydrogen-bond donors (Lipinski definition) is 0. The van der Waals surface area contributed by atoms with E-state index in [1.165, 1.54) is 17.2 Å². The first-order valence-electron chi connectivity index (χ1n) is 6.62. The minimum Gasteiger partial charge on any atom is -0.268 e. The second-order valence-corrected chi connectivity index (χ2v) is 6.96. The standard InChI is InChI=1S/C12H20N2O4S2/c1-4-7-8-19-9-10-11(15)13(5-2)20(17,18)14(6-3)12(10)16/h9H,4-8H2,1-3H3. The fourth-order valence-corrected chi connectivity index (χ4v) is 4.22. The van der Waals surface area contributed by atoms with Crippen molar-refractivity contribution in [2.75, 3.05) is 18.8 Å². The molecule has 0 saturated carbocycles. The van der Waals surface area contributed by atoms with Crippen molar-refractivity contribution in [3.63, 3.8) is 0 Å². The average molecular weight is 320 g/mol. The highest BCUT2D eigenvalue weighted by molar-refractivity contribution is 8.02. The van der Waals surface area contributed by atoms with Crippen molar-refractivity contribution in [3.05, 3.63) is 11.0 Å². The monoisotopic (exact) mass is 320 g/mol. The SMILES string of the molecule is CCCCSC=C1C(=O)N(CC)S(=O)(=O)N(CC)C1=O. The van der Waals surface area contributed by atoms with Gasteiger partial charge in [-0.15, -0.1) is 11.8 Å². The number of amides is 2. The van der Waals surface area contributed by atoms with E-state index in [2.05, 4.69) is 6.92 Å². The zero-order chi connectivity index (χ0) is 15.3. The summed E-state index contributed by atoms with van der Waals surface area (Å²) >= 11 is 1.37. The van der Waals surface area contributed by atoms with Gasteiger partial charge in [-0.05, 0) is 31.4 Å². The van der Waals surface area contributed by atoms with Gasteiger partial charge >= 0.3 is 10.2 Å². The van der Waals surface area contributed by atoms with E-state index in [9.17, 15) is 18.0 Å². The Kier molecular flexibility index (Phi) is 6.07. The third kappa shape index (κ3) is 3.17. The van der Waals surface area contributed by atoms with Crippen LogP contribution in [-0.2, 0) is 19.8 Å². The molecule has 2 amide bonds. The van der Waals surface area contributed by atoms with E-state index in [0.717, 1.165) is 27.2 Å².